The van der Waals surface area contributed by atoms with Crippen molar-refractivity contribution < 1.29 is 19.4 Å². The lowest BCUT2D eigenvalue weighted by atomic mass is 10.1. The minimum atomic E-state index is -0.905. The summed E-state index contributed by atoms with van der Waals surface area (Å²) in [5, 5.41) is 29.5. The number of aryl methyl sites for hydroxylation is 3. The molecule has 1 amide bonds. The van der Waals surface area contributed by atoms with E-state index < -0.39 is 21.8 Å². The molecule has 0 saturated heterocycles. The molecule has 11 heteroatoms. The summed E-state index contributed by atoms with van der Waals surface area (Å²) >= 11 is 0. The Labute approximate surface area is 195 Å². The number of rotatable bonds is 7. The average Bonchev–Trinajstić information content (AvgIpc) is 3.04. The summed E-state index contributed by atoms with van der Waals surface area (Å²) in [4.78, 5) is 34.5. The van der Waals surface area contributed by atoms with Crippen molar-refractivity contribution in [2.45, 2.75) is 47.6 Å². The normalized spacial score (nSPS) is 11.7. The Kier molecular flexibility index (Phi) is 6.66. The average molecular weight is 467 g/mol. The van der Waals surface area contributed by atoms with Crippen molar-refractivity contribution in [2.24, 2.45) is 0 Å². The largest absolute Gasteiger partial charge is 0.457 e. The molecule has 2 aromatic carbocycles. The maximum atomic E-state index is 12.9. The van der Waals surface area contributed by atoms with E-state index in [0.717, 1.165) is 16.7 Å². The van der Waals surface area contributed by atoms with Gasteiger partial charge in [0.2, 0.25) is 5.91 Å². The molecule has 0 aliphatic heterocycles. The molecule has 1 atom stereocenters. The number of hydrogen-bond acceptors (Lipinski definition) is 7. The number of carbonyl (C=O) groups excluding carboxylic acids is 1. The zero-order valence-electron chi connectivity index (χ0n) is 19.7. The van der Waals surface area contributed by atoms with E-state index in [4.69, 9.17) is 4.74 Å². The van der Waals surface area contributed by atoms with Gasteiger partial charge in [-0.15, -0.1) is 0 Å². The van der Waals surface area contributed by atoms with E-state index in [2.05, 4.69) is 10.4 Å². The molecule has 3 aromatic rings. The summed E-state index contributed by atoms with van der Waals surface area (Å²) in [6.07, 6.45) is 0. The minimum absolute atomic E-state index is 0.152. The van der Waals surface area contributed by atoms with Gasteiger partial charge in [-0.25, -0.2) is 0 Å². The zero-order valence-corrected chi connectivity index (χ0v) is 19.7. The Morgan fingerprint density at radius 1 is 1.03 bits per heavy atom. The van der Waals surface area contributed by atoms with Gasteiger partial charge < -0.3 is 10.1 Å². The van der Waals surface area contributed by atoms with Crippen LogP contribution in [0.3, 0.4) is 0 Å². The van der Waals surface area contributed by atoms with Crippen molar-refractivity contribution in [3.05, 3.63) is 78.6 Å². The van der Waals surface area contributed by atoms with Crippen LogP contribution in [0, 0.1) is 54.8 Å². The third-order valence-corrected chi connectivity index (χ3v) is 5.58. The van der Waals surface area contributed by atoms with E-state index >= 15 is 0 Å². The maximum Gasteiger partial charge on any atom is 0.312 e. The van der Waals surface area contributed by atoms with Crippen LogP contribution in [0.2, 0.25) is 0 Å². The summed E-state index contributed by atoms with van der Waals surface area (Å²) in [6, 6.07) is 6.91. The van der Waals surface area contributed by atoms with Crippen LogP contribution in [0.15, 0.2) is 30.3 Å². The van der Waals surface area contributed by atoms with Crippen molar-refractivity contribution in [2.75, 3.05) is 5.32 Å². The van der Waals surface area contributed by atoms with Gasteiger partial charge in [-0.05, 0) is 64.3 Å². The Balaban J connectivity index is 1.92. The highest BCUT2D eigenvalue weighted by atomic mass is 16.6. The molecule has 34 heavy (non-hydrogen) atoms. The van der Waals surface area contributed by atoms with E-state index in [0.29, 0.717) is 5.75 Å². The van der Waals surface area contributed by atoms with Crippen molar-refractivity contribution in [1.82, 2.24) is 9.78 Å². The molecule has 0 radical (unpaired) electrons. The molecule has 178 valence electrons. The molecule has 1 unspecified atom stereocenters. The summed E-state index contributed by atoms with van der Waals surface area (Å²) in [7, 11) is 0. The number of nitro benzene ring substituents is 1. The zero-order chi connectivity index (χ0) is 25.3. The van der Waals surface area contributed by atoms with Crippen LogP contribution in [0.5, 0.6) is 11.5 Å². The third kappa shape index (κ3) is 4.87. The quantitative estimate of drug-likeness (QED) is 0.370. The first kappa shape index (κ1) is 24.4. The predicted molar refractivity (Wildman–Crippen MR) is 126 cm³/mol. The van der Waals surface area contributed by atoms with Crippen LogP contribution in [-0.2, 0) is 4.79 Å². The number of aromatic nitrogens is 2. The fraction of sp³-hybridized carbons (Fsp3) is 0.304. The van der Waals surface area contributed by atoms with Gasteiger partial charge in [-0.3, -0.25) is 29.7 Å². The smallest absolute Gasteiger partial charge is 0.312 e. The van der Waals surface area contributed by atoms with Gasteiger partial charge >= 0.3 is 5.69 Å². The van der Waals surface area contributed by atoms with E-state index in [1.165, 1.54) is 43.7 Å². The van der Waals surface area contributed by atoms with Crippen LogP contribution in [0.25, 0.3) is 0 Å². The minimum Gasteiger partial charge on any atom is -0.457 e. The highest BCUT2D eigenvalue weighted by molar-refractivity contribution is 5.94. The molecule has 1 heterocycles. The molecule has 11 nitrogen and oxygen atoms in total. The number of nitro groups is 2. The number of ether oxygens (including phenoxy) is 1. The molecular formula is C23H25N5O6. The lowest BCUT2D eigenvalue weighted by molar-refractivity contribution is -0.386. The summed E-state index contributed by atoms with van der Waals surface area (Å²) in [5.74, 6) is 0.195. The molecular weight excluding hydrogens is 442 g/mol. The van der Waals surface area contributed by atoms with Crippen LogP contribution in [-0.4, -0.2) is 25.5 Å². The Hall–Kier alpha value is -4.28. The van der Waals surface area contributed by atoms with Gasteiger partial charge in [0.25, 0.3) is 5.69 Å². The summed E-state index contributed by atoms with van der Waals surface area (Å²) < 4.78 is 7.21. The van der Waals surface area contributed by atoms with Crippen LogP contribution in [0.4, 0.5) is 17.1 Å². The van der Waals surface area contributed by atoms with E-state index in [-0.39, 0.29) is 34.2 Å². The fourth-order valence-corrected chi connectivity index (χ4v) is 3.71. The molecule has 1 aromatic heterocycles. The van der Waals surface area contributed by atoms with Crippen LogP contribution >= 0.6 is 0 Å². The second kappa shape index (κ2) is 9.30. The number of anilines is 1. The first-order chi connectivity index (χ1) is 15.9. The Morgan fingerprint density at radius 3 is 2.29 bits per heavy atom. The molecule has 3 rings (SSSR count). The lowest BCUT2D eigenvalue weighted by Gasteiger charge is -2.16. The van der Waals surface area contributed by atoms with E-state index in [9.17, 15) is 25.0 Å². The highest BCUT2D eigenvalue weighted by Crippen LogP contribution is 2.33. The van der Waals surface area contributed by atoms with Crippen molar-refractivity contribution in [1.29, 1.82) is 0 Å². The van der Waals surface area contributed by atoms with Crippen molar-refractivity contribution >= 4 is 23.0 Å². The number of nitrogens with zero attached hydrogens (tertiary/aromatic N) is 4. The van der Waals surface area contributed by atoms with Gasteiger partial charge in [-0.1, -0.05) is 6.07 Å². The van der Waals surface area contributed by atoms with Gasteiger partial charge in [-0.2, -0.15) is 5.10 Å². The second-order valence-electron chi connectivity index (χ2n) is 8.17. The number of amides is 1. The standard InChI is InChI=1S/C23H25N5O6/c1-12-7-13(2)14(3)21(8-12)34-20-10-18(9-19(11-20)27(30)31)24-23(29)17(6)26-16(5)22(28(32)33)15(4)25-26/h7-11,17H,1-6H3,(H,24,29). The molecule has 0 aliphatic carbocycles. The topological polar surface area (TPSA) is 142 Å². The number of carbonyl (C=O) groups is 1. The number of nitrogens with one attached hydrogen (secondary N) is 1. The number of non-ortho nitro benzene ring substituents is 1. The first-order valence-corrected chi connectivity index (χ1v) is 10.4. The maximum absolute atomic E-state index is 12.9. The number of hydrogen-bond donors (Lipinski definition) is 1. The summed E-state index contributed by atoms with van der Waals surface area (Å²) in [5.41, 5.74) is 3.04. The number of benzene rings is 2. The van der Waals surface area contributed by atoms with Crippen molar-refractivity contribution in [3.63, 3.8) is 0 Å². The third-order valence-electron chi connectivity index (χ3n) is 5.58. The highest BCUT2D eigenvalue weighted by Gasteiger charge is 2.27. The summed E-state index contributed by atoms with van der Waals surface area (Å²) in [6.45, 7) is 10.3. The van der Waals surface area contributed by atoms with Gasteiger partial charge in [0.05, 0.1) is 21.6 Å². The Bertz CT molecular complexity index is 1310. The van der Waals surface area contributed by atoms with Crippen LogP contribution in [0.1, 0.15) is 41.0 Å². The SMILES string of the molecule is Cc1cc(C)c(C)c(Oc2cc(NC(=O)C(C)n3nc(C)c([N+](=O)[O-])c3C)cc([N+](=O)[O-])c2)c1. The van der Waals surface area contributed by atoms with Crippen LogP contribution < -0.4 is 10.1 Å². The molecule has 0 spiro atoms. The predicted octanol–water partition coefficient (Wildman–Crippen LogP) is 5.23. The second-order valence-corrected chi connectivity index (χ2v) is 8.17. The van der Waals surface area contributed by atoms with Gasteiger partial charge in [0, 0.05) is 12.1 Å². The molecule has 1 N–H and O–H groups in total. The van der Waals surface area contributed by atoms with Crippen molar-refractivity contribution in [3.8, 4) is 11.5 Å². The van der Waals surface area contributed by atoms with E-state index in [1.54, 1.807) is 0 Å². The first-order valence-electron chi connectivity index (χ1n) is 10.4. The van der Waals surface area contributed by atoms with E-state index in [1.807, 2.05) is 32.9 Å². The monoisotopic (exact) mass is 467 g/mol. The molecule has 0 aliphatic rings. The van der Waals surface area contributed by atoms with Gasteiger partial charge in [0.1, 0.15) is 28.9 Å². The molecule has 0 fully saturated rings. The fourth-order valence-electron chi connectivity index (χ4n) is 3.71. The van der Waals surface area contributed by atoms with Gasteiger partial charge in [0.15, 0.2) is 0 Å². The lowest BCUT2D eigenvalue weighted by Crippen LogP contribution is -2.25. The molecule has 0 saturated carbocycles. The Morgan fingerprint density at radius 2 is 1.71 bits per heavy atom. The molecule has 0 bridgehead atoms.